The lowest BCUT2D eigenvalue weighted by Crippen LogP contribution is -2.21. The highest BCUT2D eigenvalue weighted by Crippen LogP contribution is 2.32. The lowest BCUT2D eigenvalue weighted by Gasteiger charge is -2.10. The number of tetrazole rings is 1. The molecule has 0 unspecified atom stereocenters. The van der Waals surface area contributed by atoms with E-state index in [2.05, 4.69) is 20.7 Å². The molecule has 0 bridgehead atoms. The molecule has 0 aliphatic carbocycles. The summed E-state index contributed by atoms with van der Waals surface area (Å²) < 4.78 is 0. The number of nitrogens with zero attached hydrogens (tertiary/aromatic N) is 4. The summed E-state index contributed by atoms with van der Waals surface area (Å²) in [5.41, 5.74) is 1.81. The number of hydrogen-bond donors (Lipinski definition) is 1. The van der Waals surface area contributed by atoms with E-state index in [0.29, 0.717) is 32.1 Å². The van der Waals surface area contributed by atoms with Crippen LogP contribution in [-0.2, 0) is 11.3 Å². The van der Waals surface area contributed by atoms with Gasteiger partial charge in [0.1, 0.15) is 6.54 Å². The second kappa shape index (κ2) is 7.39. The number of anilines is 1. The van der Waals surface area contributed by atoms with Crippen LogP contribution < -0.4 is 5.32 Å². The van der Waals surface area contributed by atoms with Gasteiger partial charge in [0, 0.05) is 5.56 Å². The molecule has 0 aliphatic heterocycles. The largest absolute Gasteiger partial charge is 0.322 e. The van der Waals surface area contributed by atoms with Crippen molar-refractivity contribution in [1.82, 2.24) is 20.2 Å². The molecule has 128 valence electrons. The summed E-state index contributed by atoms with van der Waals surface area (Å²) in [5, 5.41) is 15.9. The fourth-order valence-electron chi connectivity index (χ4n) is 2.14. The molecule has 1 heterocycles. The highest BCUT2D eigenvalue weighted by molar-refractivity contribution is 6.40. The standard InChI is InChI=1S/C16H12Cl3N5O/c1-9-6-7-12(18)15(14(9)19)20-13(25)8-24-22-16(21-23-24)10-4-2-3-5-11(10)17/h2-7H,8H2,1H3,(H,20,25). The van der Waals surface area contributed by atoms with Gasteiger partial charge in [-0.25, -0.2) is 0 Å². The molecule has 0 fully saturated rings. The third kappa shape index (κ3) is 3.92. The Morgan fingerprint density at radius 3 is 2.64 bits per heavy atom. The van der Waals surface area contributed by atoms with Crippen molar-refractivity contribution in [3.63, 3.8) is 0 Å². The molecule has 1 amide bonds. The zero-order chi connectivity index (χ0) is 18.0. The number of benzene rings is 2. The van der Waals surface area contributed by atoms with Crippen LogP contribution in [-0.4, -0.2) is 26.1 Å². The molecule has 0 aliphatic rings. The molecule has 0 saturated heterocycles. The van der Waals surface area contributed by atoms with Crippen molar-refractivity contribution < 1.29 is 4.79 Å². The van der Waals surface area contributed by atoms with Crippen LogP contribution in [0, 0.1) is 6.92 Å². The van der Waals surface area contributed by atoms with Crippen LogP contribution in [0.2, 0.25) is 15.1 Å². The average Bonchev–Trinajstić information content (AvgIpc) is 3.04. The second-order valence-electron chi connectivity index (χ2n) is 5.22. The fourth-order valence-corrected chi connectivity index (χ4v) is 2.82. The van der Waals surface area contributed by atoms with Crippen molar-refractivity contribution in [1.29, 1.82) is 0 Å². The zero-order valence-corrected chi connectivity index (χ0v) is 15.3. The summed E-state index contributed by atoms with van der Waals surface area (Å²) in [6, 6.07) is 10.6. The first-order valence-electron chi connectivity index (χ1n) is 7.23. The maximum atomic E-state index is 12.2. The molecule has 0 radical (unpaired) electrons. The van der Waals surface area contributed by atoms with Gasteiger partial charge in [-0.2, -0.15) is 4.80 Å². The summed E-state index contributed by atoms with van der Waals surface area (Å²) in [6.07, 6.45) is 0. The molecule has 0 spiro atoms. The first-order valence-corrected chi connectivity index (χ1v) is 8.36. The number of amides is 1. The molecule has 1 aromatic heterocycles. The van der Waals surface area contributed by atoms with Crippen LogP contribution in [0.25, 0.3) is 11.4 Å². The Morgan fingerprint density at radius 1 is 1.12 bits per heavy atom. The van der Waals surface area contributed by atoms with E-state index in [9.17, 15) is 4.79 Å². The molecule has 9 heteroatoms. The van der Waals surface area contributed by atoms with Crippen LogP contribution in [0.1, 0.15) is 5.56 Å². The Labute approximate surface area is 158 Å². The van der Waals surface area contributed by atoms with Gasteiger partial charge < -0.3 is 5.32 Å². The van der Waals surface area contributed by atoms with Gasteiger partial charge in [-0.3, -0.25) is 4.79 Å². The summed E-state index contributed by atoms with van der Waals surface area (Å²) >= 11 is 18.4. The van der Waals surface area contributed by atoms with Gasteiger partial charge in [-0.15, -0.1) is 10.2 Å². The smallest absolute Gasteiger partial charge is 0.248 e. The SMILES string of the molecule is Cc1ccc(Cl)c(NC(=O)Cn2nnc(-c3ccccc3Cl)n2)c1Cl. The van der Waals surface area contributed by atoms with Crippen LogP contribution in [0.4, 0.5) is 5.69 Å². The molecular weight excluding hydrogens is 385 g/mol. The predicted molar refractivity (Wildman–Crippen MR) is 98.1 cm³/mol. The van der Waals surface area contributed by atoms with Crippen molar-refractivity contribution in [3.05, 3.63) is 57.0 Å². The molecule has 0 saturated carbocycles. The summed E-state index contributed by atoms with van der Waals surface area (Å²) in [4.78, 5) is 13.4. The van der Waals surface area contributed by atoms with Crippen molar-refractivity contribution in [2.75, 3.05) is 5.32 Å². The fraction of sp³-hybridized carbons (Fsp3) is 0.125. The van der Waals surface area contributed by atoms with Gasteiger partial charge in [0.05, 0.1) is 20.8 Å². The number of hydrogen-bond acceptors (Lipinski definition) is 4. The van der Waals surface area contributed by atoms with E-state index >= 15 is 0 Å². The summed E-state index contributed by atoms with van der Waals surface area (Å²) in [5.74, 6) is -0.0393. The van der Waals surface area contributed by atoms with E-state index in [-0.39, 0.29) is 12.5 Å². The monoisotopic (exact) mass is 395 g/mol. The normalized spacial score (nSPS) is 10.7. The number of nitrogens with one attached hydrogen (secondary N) is 1. The maximum Gasteiger partial charge on any atom is 0.248 e. The first-order chi connectivity index (χ1) is 12.0. The highest BCUT2D eigenvalue weighted by Gasteiger charge is 2.15. The Balaban J connectivity index is 1.75. The average molecular weight is 397 g/mol. The number of aromatic nitrogens is 4. The van der Waals surface area contributed by atoms with Crippen LogP contribution >= 0.6 is 34.8 Å². The van der Waals surface area contributed by atoms with Gasteiger partial charge in [0.15, 0.2) is 0 Å². The maximum absolute atomic E-state index is 12.2. The predicted octanol–water partition coefficient (Wildman–Crippen LogP) is 4.25. The van der Waals surface area contributed by atoms with Crippen molar-refractivity contribution >= 4 is 46.4 Å². The molecule has 1 N–H and O–H groups in total. The van der Waals surface area contributed by atoms with Crippen molar-refractivity contribution in [2.45, 2.75) is 13.5 Å². The van der Waals surface area contributed by atoms with Gasteiger partial charge >= 0.3 is 0 Å². The van der Waals surface area contributed by atoms with E-state index in [0.717, 1.165) is 5.56 Å². The Hall–Kier alpha value is -2.15. The quantitative estimate of drug-likeness (QED) is 0.715. The minimum Gasteiger partial charge on any atom is -0.322 e. The molecule has 2 aromatic carbocycles. The van der Waals surface area contributed by atoms with E-state index in [1.165, 1.54) is 4.80 Å². The van der Waals surface area contributed by atoms with Gasteiger partial charge in [0.2, 0.25) is 11.7 Å². The number of aryl methyl sites for hydroxylation is 1. The summed E-state index contributed by atoms with van der Waals surface area (Å²) in [6.45, 7) is 1.68. The molecule has 3 aromatic rings. The van der Waals surface area contributed by atoms with Crippen LogP contribution in [0.15, 0.2) is 36.4 Å². The number of rotatable bonds is 4. The Kier molecular flexibility index (Phi) is 5.22. The summed E-state index contributed by atoms with van der Waals surface area (Å²) in [7, 11) is 0. The van der Waals surface area contributed by atoms with E-state index in [4.69, 9.17) is 34.8 Å². The number of halogens is 3. The highest BCUT2D eigenvalue weighted by atomic mass is 35.5. The zero-order valence-electron chi connectivity index (χ0n) is 13.0. The minimum atomic E-state index is -0.377. The van der Waals surface area contributed by atoms with Gasteiger partial charge in [0.25, 0.3) is 0 Å². The van der Waals surface area contributed by atoms with Crippen molar-refractivity contribution in [2.24, 2.45) is 0 Å². The van der Waals surface area contributed by atoms with E-state index in [1.54, 1.807) is 30.3 Å². The number of carbonyl (C=O) groups is 1. The second-order valence-corrected chi connectivity index (χ2v) is 6.42. The van der Waals surface area contributed by atoms with Crippen LogP contribution in [0.5, 0.6) is 0 Å². The Morgan fingerprint density at radius 2 is 1.88 bits per heavy atom. The minimum absolute atomic E-state index is 0.141. The third-order valence-electron chi connectivity index (χ3n) is 3.40. The third-order valence-corrected chi connectivity index (χ3v) is 4.53. The molecular formula is C16H12Cl3N5O. The van der Waals surface area contributed by atoms with Crippen molar-refractivity contribution in [3.8, 4) is 11.4 Å². The van der Waals surface area contributed by atoms with E-state index in [1.807, 2.05) is 13.0 Å². The molecule has 6 nitrogen and oxygen atoms in total. The Bertz CT molecular complexity index is 941. The van der Waals surface area contributed by atoms with Gasteiger partial charge in [-0.05, 0) is 35.9 Å². The topological polar surface area (TPSA) is 72.7 Å². The van der Waals surface area contributed by atoms with E-state index < -0.39 is 0 Å². The lowest BCUT2D eigenvalue weighted by atomic mass is 10.2. The molecule has 25 heavy (non-hydrogen) atoms. The number of carbonyl (C=O) groups excluding carboxylic acids is 1. The first kappa shape index (κ1) is 17.7. The molecule has 0 atom stereocenters. The van der Waals surface area contributed by atoms with Crippen LogP contribution in [0.3, 0.4) is 0 Å². The van der Waals surface area contributed by atoms with Gasteiger partial charge in [-0.1, -0.05) is 53.0 Å². The molecule has 3 rings (SSSR count). The lowest BCUT2D eigenvalue weighted by molar-refractivity contribution is -0.117.